The van der Waals surface area contributed by atoms with E-state index in [1.165, 1.54) is 0 Å². The lowest BCUT2D eigenvalue weighted by Gasteiger charge is -2.14. The fourth-order valence-corrected chi connectivity index (χ4v) is 2.27. The number of carbonyl (C=O) groups is 1. The van der Waals surface area contributed by atoms with Crippen molar-refractivity contribution in [3.63, 3.8) is 0 Å². The fraction of sp³-hybridized carbons (Fsp3) is 0.158. The molecular weight excluding hydrogens is 304 g/mol. The first-order valence-electron chi connectivity index (χ1n) is 7.68. The second-order valence-corrected chi connectivity index (χ2v) is 5.46. The van der Waals surface area contributed by atoms with Crippen molar-refractivity contribution < 1.29 is 14.1 Å². The highest BCUT2D eigenvalue weighted by Crippen LogP contribution is 2.22. The molecule has 3 rings (SSSR count). The molecule has 0 saturated carbocycles. The van der Waals surface area contributed by atoms with Crippen molar-refractivity contribution in [3.8, 4) is 16.9 Å². The molecule has 3 aromatic rings. The van der Waals surface area contributed by atoms with Crippen molar-refractivity contribution in [1.82, 2.24) is 5.16 Å². The second kappa shape index (κ2) is 7.00. The van der Waals surface area contributed by atoms with E-state index in [2.05, 4.69) is 10.5 Å². The third-order valence-corrected chi connectivity index (χ3v) is 3.52. The maximum absolute atomic E-state index is 12.1. The molecule has 0 aliphatic carbocycles. The van der Waals surface area contributed by atoms with Crippen LogP contribution in [0, 0.1) is 6.92 Å². The van der Waals surface area contributed by atoms with E-state index in [-0.39, 0.29) is 5.91 Å². The Balaban J connectivity index is 1.62. The molecule has 5 nitrogen and oxygen atoms in total. The number of amides is 1. The van der Waals surface area contributed by atoms with E-state index in [1.807, 2.05) is 54.6 Å². The minimum atomic E-state index is -0.649. The number of carbonyl (C=O) groups excluding carboxylic acids is 1. The van der Waals surface area contributed by atoms with E-state index in [0.717, 1.165) is 11.1 Å². The number of hydrogen-bond acceptors (Lipinski definition) is 4. The van der Waals surface area contributed by atoms with E-state index in [4.69, 9.17) is 9.26 Å². The zero-order valence-corrected chi connectivity index (χ0v) is 13.5. The van der Waals surface area contributed by atoms with Crippen molar-refractivity contribution in [2.45, 2.75) is 20.0 Å². The van der Waals surface area contributed by atoms with Gasteiger partial charge >= 0.3 is 0 Å². The van der Waals surface area contributed by atoms with Gasteiger partial charge in [-0.25, -0.2) is 0 Å². The van der Waals surface area contributed by atoms with Crippen molar-refractivity contribution in [3.05, 3.63) is 66.4 Å². The third-order valence-electron chi connectivity index (χ3n) is 3.52. The van der Waals surface area contributed by atoms with Crippen LogP contribution in [-0.4, -0.2) is 17.2 Å². The Bertz CT molecular complexity index is 810. The van der Waals surface area contributed by atoms with Crippen LogP contribution in [0.2, 0.25) is 0 Å². The molecule has 0 spiro atoms. The normalized spacial score (nSPS) is 11.8. The van der Waals surface area contributed by atoms with Gasteiger partial charge in [0.15, 0.2) is 11.9 Å². The molecule has 0 saturated heterocycles. The van der Waals surface area contributed by atoms with Gasteiger partial charge in [0.2, 0.25) is 0 Å². The number of aryl methyl sites for hydroxylation is 1. The van der Waals surface area contributed by atoms with Gasteiger partial charge in [0.1, 0.15) is 11.5 Å². The molecule has 1 heterocycles. The van der Waals surface area contributed by atoms with Crippen molar-refractivity contribution in [2.24, 2.45) is 0 Å². The minimum Gasteiger partial charge on any atom is -0.481 e. The Hall–Kier alpha value is -3.08. The van der Waals surface area contributed by atoms with Gasteiger partial charge in [0.25, 0.3) is 5.91 Å². The van der Waals surface area contributed by atoms with Gasteiger partial charge in [-0.2, -0.15) is 0 Å². The van der Waals surface area contributed by atoms with Crippen molar-refractivity contribution in [1.29, 1.82) is 0 Å². The summed E-state index contributed by atoms with van der Waals surface area (Å²) in [6.45, 7) is 3.45. The molecule has 1 aromatic heterocycles. The number of hydrogen-bond donors (Lipinski definition) is 1. The number of aromatic nitrogens is 1. The predicted molar refractivity (Wildman–Crippen MR) is 91.8 cm³/mol. The molecule has 0 unspecified atom stereocenters. The van der Waals surface area contributed by atoms with Crippen LogP contribution in [0.25, 0.3) is 11.1 Å². The SMILES string of the molecule is Cc1cc(NC(=O)[C@H](C)Oc2ccc(-c3ccccc3)cc2)no1. The topological polar surface area (TPSA) is 64.4 Å². The van der Waals surface area contributed by atoms with Gasteiger partial charge < -0.3 is 14.6 Å². The number of ether oxygens (including phenoxy) is 1. The predicted octanol–water partition coefficient (Wildman–Crippen LogP) is 4.06. The van der Waals surface area contributed by atoms with Crippen LogP contribution in [0.1, 0.15) is 12.7 Å². The number of rotatable bonds is 5. The average Bonchev–Trinajstić information content (AvgIpc) is 3.01. The van der Waals surface area contributed by atoms with Crippen LogP contribution in [-0.2, 0) is 4.79 Å². The van der Waals surface area contributed by atoms with E-state index >= 15 is 0 Å². The maximum Gasteiger partial charge on any atom is 0.266 e. The molecule has 1 amide bonds. The summed E-state index contributed by atoms with van der Waals surface area (Å²) in [5.41, 5.74) is 2.23. The Morgan fingerprint density at radius 1 is 1.08 bits per heavy atom. The van der Waals surface area contributed by atoms with E-state index in [9.17, 15) is 4.79 Å². The number of anilines is 1. The van der Waals surface area contributed by atoms with Gasteiger partial charge in [0, 0.05) is 6.07 Å². The lowest BCUT2D eigenvalue weighted by atomic mass is 10.1. The van der Waals surface area contributed by atoms with Gasteiger partial charge in [-0.15, -0.1) is 0 Å². The maximum atomic E-state index is 12.1. The first-order valence-corrected chi connectivity index (χ1v) is 7.68. The van der Waals surface area contributed by atoms with E-state index in [0.29, 0.717) is 17.3 Å². The minimum absolute atomic E-state index is 0.282. The first kappa shape index (κ1) is 15.8. The van der Waals surface area contributed by atoms with E-state index in [1.54, 1.807) is 19.9 Å². The van der Waals surface area contributed by atoms with E-state index < -0.39 is 6.10 Å². The van der Waals surface area contributed by atoms with Crippen LogP contribution >= 0.6 is 0 Å². The lowest BCUT2D eigenvalue weighted by molar-refractivity contribution is -0.122. The number of nitrogens with one attached hydrogen (secondary N) is 1. The van der Waals surface area contributed by atoms with Gasteiger partial charge in [-0.1, -0.05) is 47.6 Å². The third kappa shape index (κ3) is 3.81. The average molecular weight is 322 g/mol. The number of benzene rings is 2. The van der Waals surface area contributed by atoms with Crippen LogP contribution in [0.15, 0.2) is 65.2 Å². The molecule has 0 fully saturated rings. The zero-order chi connectivity index (χ0) is 16.9. The first-order chi connectivity index (χ1) is 11.6. The Morgan fingerprint density at radius 3 is 2.38 bits per heavy atom. The molecule has 1 atom stereocenters. The molecule has 0 aliphatic heterocycles. The number of nitrogens with zero attached hydrogens (tertiary/aromatic N) is 1. The summed E-state index contributed by atoms with van der Waals surface area (Å²) in [4.78, 5) is 12.1. The van der Waals surface area contributed by atoms with Crippen LogP contribution in [0.3, 0.4) is 0 Å². The second-order valence-electron chi connectivity index (χ2n) is 5.46. The monoisotopic (exact) mass is 322 g/mol. The molecule has 1 N–H and O–H groups in total. The highest BCUT2D eigenvalue weighted by Gasteiger charge is 2.16. The van der Waals surface area contributed by atoms with Crippen LogP contribution in [0.4, 0.5) is 5.82 Å². The fourth-order valence-electron chi connectivity index (χ4n) is 2.27. The van der Waals surface area contributed by atoms with Crippen molar-refractivity contribution in [2.75, 3.05) is 5.32 Å². The van der Waals surface area contributed by atoms with Gasteiger partial charge in [-0.3, -0.25) is 4.79 Å². The summed E-state index contributed by atoms with van der Waals surface area (Å²) in [5, 5.41) is 6.38. The van der Waals surface area contributed by atoms with Crippen molar-refractivity contribution >= 4 is 11.7 Å². The molecule has 5 heteroatoms. The Morgan fingerprint density at radius 2 is 1.75 bits per heavy atom. The molecular formula is C19H18N2O3. The molecule has 0 radical (unpaired) electrons. The lowest BCUT2D eigenvalue weighted by Crippen LogP contribution is -2.30. The molecule has 122 valence electrons. The van der Waals surface area contributed by atoms with Gasteiger partial charge in [-0.05, 0) is 37.1 Å². The standard InChI is InChI=1S/C19H18N2O3/c1-13-12-18(21-24-13)20-19(22)14(2)23-17-10-8-16(9-11-17)15-6-4-3-5-7-15/h3-12,14H,1-2H3,(H,20,21,22)/t14-/m0/s1. The Labute approximate surface area is 140 Å². The smallest absolute Gasteiger partial charge is 0.266 e. The van der Waals surface area contributed by atoms with Crippen LogP contribution < -0.4 is 10.1 Å². The largest absolute Gasteiger partial charge is 0.481 e. The molecule has 0 bridgehead atoms. The summed E-state index contributed by atoms with van der Waals surface area (Å²) in [6, 6.07) is 19.4. The zero-order valence-electron chi connectivity index (χ0n) is 13.5. The Kier molecular flexibility index (Phi) is 4.61. The molecule has 24 heavy (non-hydrogen) atoms. The summed E-state index contributed by atoms with van der Waals surface area (Å²) < 4.78 is 10.6. The highest BCUT2D eigenvalue weighted by molar-refractivity contribution is 5.93. The van der Waals surface area contributed by atoms with Gasteiger partial charge in [0.05, 0.1) is 0 Å². The summed E-state index contributed by atoms with van der Waals surface area (Å²) in [6.07, 6.45) is -0.649. The summed E-state index contributed by atoms with van der Waals surface area (Å²) >= 11 is 0. The van der Waals surface area contributed by atoms with Crippen LogP contribution in [0.5, 0.6) is 5.75 Å². The highest BCUT2D eigenvalue weighted by atomic mass is 16.5. The molecule has 2 aromatic carbocycles. The summed E-state index contributed by atoms with van der Waals surface area (Å²) in [5.74, 6) is 1.37. The summed E-state index contributed by atoms with van der Waals surface area (Å²) in [7, 11) is 0. The quantitative estimate of drug-likeness (QED) is 0.769. The molecule has 0 aliphatic rings.